The zero-order valence-electron chi connectivity index (χ0n) is 13.4. The van der Waals surface area contributed by atoms with E-state index in [9.17, 15) is 18.4 Å². The molecule has 2 rings (SSSR count). The summed E-state index contributed by atoms with van der Waals surface area (Å²) in [6.45, 7) is 5.38. The zero-order chi connectivity index (χ0) is 17.4. The molecule has 2 N–H and O–H groups in total. The Labute approximate surface area is 133 Å². The van der Waals surface area contributed by atoms with E-state index in [0.29, 0.717) is 12.0 Å². The molecule has 23 heavy (non-hydrogen) atoms. The molecule has 1 saturated carbocycles. The van der Waals surface area contributed by atoms with E-state index in [0.717, 1.165) is 6.07 Å². The molecule has 3 unspecified atom stereocenters. The van der Waals surface area contributed by atoms with Crippen LogP contribution >= 0.6 is 0 Å². The molecule has 4 nitrogen and oxygen atoms in total. The van der Waals surface area contributed by atoms with Crippen LogP contribution in [0.25, 0.3) is 0 Å². The molecule has 1 aliphatic carbocycles. The molecule has 0 aliphatic heterocycles. The van der Waals surface area contributed by atoms with Crippen molar-refractivity contribution in [1.82, 2.24) is 5.32 Å². The van der Waals surface area contributed by atoms with E-state index in [1.54, 1.807) is 6.92 Å². The predicted molar refractivity (Wildman–Crippen MR) is 80.8 cm³/mol. The smallest absolute Gasteiger partial charge is 0.305 e. The van der Waals surface area contributed by atoms with E-state index in [-0.39, 0.29) is 24.2 Å². The molecule has 0 aromatic heterocycles. The van der Waals surface area contributed by atoms with Gasteiger partial charge >= 0.3 is 5.97 Å². The molecule has 1 aliphatic rings. The second-order valence-corrected chi connectivity index (χ2v) is 6.75. The fourth-order valence-electron chi connectivity index (χ4n) is 2.71. The van der Waals surface area contributed by atoms with Crippen LogP contribution in [0.2, 0.25) is 0 Å². The number of halogens is 2. The predicted octanol–water partition coefficient (Wildman–Crippen LogP) is 3.07. The minimum atomic E-state index is -0.988. The maximum absolute atomic E-state index is 13.8. The number of hydrogen-bond donors (Lipinski definition) is 2. The maximum atomic E-state index is 13.8. The molecule has 1 amide bonds. The van der Waals surface area contributed by atoms with Crippen LogP contribution in [-0.2, 0) is 9.59 Å². The largest absolute Gasteiger partial charge is 0.481 e. The summed E-state index contributed by atoms with van der Waals surface area (Å²) < 4.78 is 26.7. The normalized spacial score (nSPS) is 22.5. The van der Waals surface area contributed by atoms with Gasteiger partial charge in [-0.25, -0.2) is 8.78 Å². The number of nitrogens with one attached hydrogen (secondary N) is 1. The van der Waals surface area contributed by atoms with Crippen molar-refractivity contribution >= 4 is 11.9 Å². The van der Waals surface area contributed by atoms with Crippen molar-refractivity contribution in [2.75, 3.05) is 0 Å². The van der Waals surface area contributed by atoms with E-state index >= 15 is 0 Å². The van der Waals surface area contributed by atoms with Gasteiger partial charge in [-0.2, -0.15) is 0 Å². The maximum Gasteiger partial charge on any atom is 0.305 e. The number of amides is 1. The van der Waals surface area contributed by atoms with Crippen LogP contribution in [0.1, 0.15) is 45.1 Å². The van der Waals surface area contributed by atoms with Crippen molar-refractivity contribution in [1.29, 1.82) is 0 Å². The highest BCUT2D eigenvalue weighted by molar-refractivity contribution is 5.84. The zero-order valence-corrected chi connectivity index (χ0v) is 13.4. The van der Waals surface area contributed by atoms with Crippen LogP contribution in [0, 0.1) is 23.5 Å². The topological polar surface area (TPSA) is 66.4 Å². The summed E-state index contributed by atoms with van der Waals surface area (Å²) in [5.74, 6) is -3.32. The third-order valence-corrected chi connectivity index (χ3v) is 4.69. The quantitative estimate of drug-likeness (QED) is 0.845. The number of benzene rings is 1. The Morgan fingerprint density at radius 1 is 1.39 bits per heavy atom. The van der Waals surface area contributed by atoms with Gasteiger partial charge in [0.05, 0.1) is 6.42 Å². The van der Waals surface area contributed by atoms with E-state index in [2.05, 4.69) is 5.32 Å². The molecule has 3 atom stereocenters. The molecule has 1 aromatic rings. The van der Waals surface area contributed by atoms with Crippen molar-refractivity contribution in [2.24, 2.45) is 11.8 Å². The lowest BCUT2D eigenvalue weighted by Gasteiger charge is -2.33. The minimum absolute atomic E-state index is 0.0673. The third-order valence-electron chi connectivity index (χ3n) is 4.69. The van der Waals surface area contributed by atoms with Gasteiger partial charge in [-0.15, -0.1) is 0 Å². The molecule has 0 spiro atoms. The molecule has 1 fully saturated rings. The Hall–Kier alpha value is -1.98. The Morgan fingerprint density at radius 3 is 2.57 bits per heavy atom. The third kappa shape index (κ3) is 3.86. The summed E-state index contributed by atoms with van der Waals surface area (Å²) in [5, 5.41) is 11.8. The first kappa shape index (κ1) is 17.4. The van der Waals surface area contributed by atoms with Crippen molar-refractivity contribution in [2.45, 2.75) is 45.1 Å². The van der Waals surface area contributed by atoms with Gasteiger partial charge in [-0.05, 0) is 36.8 Å². The van der Waals surface area contributed by atoms with Crippen molar-refractivity contribution in [3.63, 3.8) is 0 Å². The molecule has 0 radical (unpaired) electrons. The van der Waals surface area contributed by atoms with Gasteiger partial charge in [0, 0.05) is 17.5 Å². The summed E-state index contributed by atoms with van der Waals surface area (Å²) in [6, 6.07) is 3.35. The fraction of sp³-hybridized carbons (Fsp3) is 0.529. The van der Waals surface area contributed by atoms with E-state index < -0.39 is 29.1 Å². The van der Waals surface area contributed by atoms with E-state index in [4.69, 9.17) is 5.11 Å². The highest BCUT2D eigenvalue weighted by Gasteiger charge is 2.47. The second-order valence-electron chi connectivity index (χ2n) is 6.75. The van der Waals surface area contributed by atoms with Gasteiger partial charge in [0.1, 0.15) is 11.6 Å². The molecule has 6 heteroatoms. The molecule has 126 valence electrons. The Kier molecular flexibility index (Phi) is 4.73. The van der Waals surface area contributed by atoms with Gasteiger partial charge < -0.3 is 10.4 Å². The number of carboxylic acid groups (broad SMARTS) is 1. The number of hydrogen-bond acceptors (Lipinski definition) is 2. The van der Waals surface area contributed by atoms with E-state index in [1.165, 1.54) is 12.1 Å². The summed E-state index contributed by atoms with van der Waals surface area (Å²) in [4.78, 5) is 23.4. The second kappa shape index (κ2) is 6.26. The number of carbonyl (C=O) groups is 2. The van der Waals surface area contributed by atoms with Crippen LogP contribution in [-0.4, -0.2) is 22.5 Å². The summed E-state index contributed by atoms with van der Waals surface area (Å²) in [6.07, 6.45) is 0.300. The summed E-state index contributed by atoms with van der Waals surface area (Å²) in [5.41, 5.74) is -0.534. The average molecular weight is 325 g/mol. The summed E-state index contributed by atoms with van der Waals surface area (Å²) in [7, 11) is 0. The number of aliphatic carboxylic acids is 1. The fourth-order valence-corrected chi connectivity index (χ4v) is 2.71. The van der Waals surface area contributed by atoms with Crippen molar-refractivity contribution in [3.8, 4) is 0 Å². The highest BCUT2D eigenvalue weighted by Crippen LogP contribution is 2.48. The first-order chi connectivity index (χ1) is 10.6. The SMILES string of the molecule is CC(C)C(C)(CC(=O)O)NC(=O)C1CC1c1ccc(F)cc1F. The van der Waals surface area contributed by atoms with Crippen LogP contribution < -0.4 is 5.32 Å². The molecule has 0 bridgehead atoms. The first-order valence-corrected chi connectivity index (χ1v) is 7.63. The van der Waals surface area contributed by atoms with Gasteiger partial charge in [-0.1, -0.05) is 19.9 Å². The lowest BCUT2D eigenvalue weighted by Crippen LogP contribution is -2.51. The molecule has 0 saturated heterocycles. The van der Waals surface area contributed by atoms with Crippen molar-refractivity contribution < 1.29 is 23.5 Å². The van der Waals surface area contributed by atoms with Crippen LogP contribution in [0.5, 0.6) is 0 Å². The Bertz CT molecular complexity index is 632. The molecule has 1 aromatic carbocycles. The standard InChI is InChI=1S/C17H21F2NO3/c1-9(2)17(3,8-15(21)22)20-16(23)13-7-12(13)11-5-4-10(18)6-14(11)19/h4-6,9,12-13H,7-8H2,1-3H3,(H,20,23)(H,21,22). The van der Waals surface area contributed by atoms with Crippen LogP contribution in [0.15, 0.2) is 18.2 Å². The molecular formula is C17H21F2NO3. The van der Waals surface area contributed by atoms with Gasteiger partial charge in [0.2, 0.25) is 5.91 Å². The highest BCUT2D eigenvalue weighted by atomic mass is 19.1. The van der Waals surface area contributed by atoms with Crippen LogP contribution in [0.4, 0.5) is 8.78 Å². The number of rotatable bonds is 6. The number of carbonyl (C=O) groups excluding carboxylic acids is 1. The molecular weight excluding hydrogens is 304 g/mol. The Balaban J connectivity index is 2.06. The Morgan fingerprint density at radius 2 is 2.04 bits per heavy atom. The minimum Gasteiger partial charge on any atom is -0.481 e. The van der Waals surface area contributed by atoms with E-state index in [1.807, 2.05) is 13.8 Å². The average Bonchev–Trinajstić information content (AvgIpc) is 3.17. The summed E-state index contributed by atoms with van der Waals surface area (Å²) >= 11 is 0. The lowest BCUT2D eigenvalue weighted by molar-refractivity contribution is -0.139. The monoisotopic (exact) mass is 325 g/mol. The number of carboxylic acids is 1. The van der Waals surface area contributed by atoms with Gasteiger partial charge in [0.25, 0.3) is 0 Å². The van der Waals surface area contributed by atoms with Gasteiger partial charge in [-0.3, -0.25) is 9.59 Å². The molecule has 0 heterocycles. The first-order valence-electron chi connectivity index (χ1n) is 7.63. The van der Waals surface area contributed by atoms with Gasteiger partial charge in [0.15, 0.2) is 0 Å². The lowest BCUT2D eigenvalue weighted by atomic mass is 9.85. The van der Waals surface area contributed by atoms with Crippen molar-refractivity contribution in [3.05, 3.63) is 35.4 Å². The van der Waals surface area contributed by atoms with Crippen LogP contribution in [0.3, 0.4) is 0 Å².